The Balaban J connectivity index is 0.000000240. The monoisotopic (exact) mass is 334 g/mol. The molecule has 0 atom stereocenters. The van der Waals surface area contributed by atoms with E-state index in [1.165, 1.54) is 24.3 Å². The molecule has 2 heterocycles. The molecule has 0 saturated carbocycles. The zero-order valence-electron chi connectivity index (χ0n) is 11.8. The topological polar surface area (TPSA) is 175 Å². The van der Waals surface area contributed by atoms with Crippen molar-refractivity contribution in [3.8, 4) is 0 Å². The van der Waals surface area contributed by atoms with Crippen molar-refractivity contribution in [1.82, 2.24) is 9.97 Å². The number of hydrogen-bond acceptors (Lipinski definition) is 6. The summed E-state index contributed by atoms with van der Waals surface area (Å²) in [5, 5.41) is 33.7. The number of carboxylic acids is 4. The molecule has 0 aliphatic carbocycles. The van der Waals surface area contributed by atoms with E-state index in [0.717, 1.165) is 12.3 Å². The second-order valence-corrected chi connectivity index (χ2v) is 4.06. The zero-order valence-corrected chi connectivity index (χ0v) is 11.8. The van der Waals surface area contributed by atoms with Crippen LogP contribution in [0, 0.1) is 0 Å². The molecular formula is C14H10N2O8. The number of aromatic nitrogens is 2. The first kappa shape index (κ1) is 18.2. The van der Waals surface area contributed by atoms with Crippen molar-refractivity contribution >= 4 is 23.9 Å². The molecule has 24 heavy (non-hydrogen) atoms. The fourth-order valence-corrected chi connectivity index (χ4v) is 1.32. The third kappa shape index (κ3) is 5.18. The van der Waals surface area contributed by atoms with Gasteiger partial charge in [0.25, 0.3) is 0 Å². The van der Waals surface area contributed by atoms with Crippen molar-refractivity contribution in [3.63, 3.8) is 0 Å². The van der Waals surface area contributed by atoms with Crippen LogP contribution in [0.5, 0.6) is 0 Å². The summed E-state index contributed by atoms with van der Waals surface area (Å²) in [4.78, 5) is 48.0. The lowest BCUT2D eigenvalue weighted by molar-refractivity contribution is 0.0672. The molecule has 0 bridgehead atoms. The van der Waals surface area contributed by atoms with Crippen molar-refractivity contribution in [2.75, 3.05) is 0 Å². The van der Waals surface area contributed by atoms with Gasteiger partial charge in [0.1, 0.15) is 17.1 Å². The maximum atomic E-state index is 10.3. The first-order valence-corrected chi connectivity index (χ1v) is 6.08. The number of hydrogen-bond donors (Lipinski definition) is 4. The van der Waals surface area contributed by atoms with Crippen LogP contribution in [0.4, 0.5) is 0 Å². The Bertz CT molecular complexity index is 723. The van der Waals surface area contributed by atoms with Crippen LogP contribution in [0.2, 0.25) is 0 Å². The Morgan fingerprint density at radius 2 is 1.17 bits per heavy atom. The number of rotatable bonds is 4. The van der Waals surface area contributed by atoms with E-state index in [-0.39, 0.29) is 22.6 Å². The minimum Gasteiger partial charge on any atom is -0.478 e. The summed E-state index contributed by atoms with van der Waals surface area (Å²) >= 11 is 0. The summed E-state index contributed by atoms with van der Waals surface area (Å²) in [6.45, 7) is 0. The van der Waals surface area contributed by atoms with Crippen molar-refractivity contribution in [3.05, 3.63) is 59.2 Å². The largest absolute Gasteiger partial charge is 0.478 e. The number of nitrogens with zero attached hydrogens (tertiary/aromatic N) is 2. The summed E-state index contributed by atoms with van der Waals surface area (Å²) in [5.74, 6) is -4.78. The molecule has 4 N–H and O–H groups in total. The van der Waals surface area contributed by atoms with Crippen LogP contribution in [0.25, 0.3) is 0 Å². The van der Waals surface area contributed by atoms with Gasteiger partial charge in [-0.15, -0.1) is 0 Å². The highest BCUT2D eigenvalue weighted by Gasteiger charge is 2.09. The summed E-state index contributed by atoms with van der Waals surface area (Å²) < 4.78 is 0. The smallest absolute Gasteiger partial charge is 0.354 e. The van der Waals surface area contributed by atoms with Crippen LogP contribution in [0.15, 0.2) is 36.5 Å². The lowest BCUT2D eigenvalue weighted by atomic mass is 10.2. The fourth-order valence-electron chi connectivity index (χ4n) is 1.32. The van der Waals surface area contributed by atoms with E-state index in [2.05, 4.69) is 9.97 Å². The average Bonchev–Trinajstić information content (AvgIpc) is 2.55. The number of carboxylic acid groups (broad SMARTS) is 4. The lowest BCUT2D eigenvalue weighted by Gasteiger charge is -1.94. The molecule has 0 spiro atoms. The molecule has 0 fully saturated rings. The second kappa shape index (κ2) is 7.98. The van der Waals surface area contributed by atoms with Crippen molar-refractivity contribution in [2.24, 2.45) is 0 Å². The molecule has 0 saturated heterocycles. The maximum Gasteiger partial charge on any atom is 0.354 e. The van der Waals surface area contributed by atoms with Crippen molar-refractivity contribution in [1.29, 1.82) is 0 Å². The molecular weight excluding hydrogens is 324 g/mol. The highest BCUT2D eigenvalue weighted by Crippen LogP contribution is 2.00. The minimum atomic E-state index is -1.24. The first-order chi connectivity index (χ1) is 11.2. The lowest BCUT2D eigenvalue weighted by Crippen LogP contribution is -2.06. The summed E-state index contributed by atoms with van der Waals surface area (Å²) in [7, 11) is 0. The molecule has 0 radical (unpaired) electrons. The third-order valence-corrected chi connectivity index (χ3v) is 2.42. The predicted molar refractivity (Wildman–Crippen MR) is 76.3 cm³/mol. The molecule has 2 aromatic rings. The molecule has 0 amide bonds. The minimum absolute atomic E-state index is 0.0278. The Morgan fingerprint density at radius 3 is 1.50 bits per heavy atom. The van der Waals surface area contributed by atoms with E-state index in [1.807, 2.05) is 0 Å². The van der Waals surface area contributed by atoms with Crippen molar-refractivity contribution in [2.45, 2.75) is 0 Å². The van der Waals surface area contributed by atoms with E-state index in [1.54, 1.807) is 0 Å². The molecule has 124 valence electrons. The molecule has 0 aliphatic rings. The van der Waals surface area contributed by atoms with Crippen LogP contribution in [0.3, 0.4) is 0 Å². The highest BCUT2D eigenvalue weighted by atomic mass is 16.4. The highest BCUT2D eigenvalue weighted by molar-refractivity contribution is 5.90. The van der Waals surface area contributed by atoms with Gasteiger partial charge in [0.2, 0.25) is 0 Å². The van der Waals surface area contributed by atoms with Crippen LogP contribution < -0.4 is 0 Å². The van der Waals surface area contributed by atoms with Gasteiger partial charge in [-0.25, -0.2) is 29.1 Å². The van der Waals surface area contributed by atoms with Gasteiger partial charge in [0, 0.05) is 6.20 Å². The number of pyridine rings is 2. The van der Waals surface area contributed by atoms with E-state index in [9.17, 15) is 19.2 Å². The zero-order chi connectivity index (χ0) is 18.3. The van der Waals surface area contributed by atoms with E-state index < -0.39 is 23.9 Å². The SMILES string of the molecule is O=C(O)c1ccc(C(=O)O)nc1.O=C(O)c1cccc(C(=O)O)n1. The van der Waals surface area contributed by atoms with E-state index >= 15 is 0 Å². The maximum absolute atomic E-state index is 10.3. The molecule has 0 aromatic carbocycles. The molecule has 10 heteroatoms. The Hall–Kier alpha value is -3.82. The molecule has 2 rings (SSSR count). The van der Waals surface area contributed by atoms with Gasteiger partial charge >= 0.3 is 23.9 Å². The molecule has 2 aromatic heterocycles. The first-order valence-electron chi connectivity index (χ1n) is 6.08. The summed E-state index contributed by atoms with van der Waals surface area (Å²) in [6.07, 6.45) is 1.01. The van der Waals surface area contributed by atoms with E-state index in [4.69, 9.17) is 20.4 Å². The average molecular weight is 334 g/mol. The van der Waals surface area contributed by atoms with Crippen LogP contribution in [-0.2, 0) is 0 Å². The van der Waals surface area contributed by atoms with Gasteiger partial charge in [0.05, 0.1) is 5.56 Å². The van der Waals surface area contributed by atoms with Gasteiger partial charge in [-0.05, 0) is 24.3 Å². The third-order valence-electron chi connectivity index (χ3n) is 2.42. The Kier molecular flexibility index (Phi) is 6.06. The summed E-state index contributed by atoms with van der Waals surface area (Å²) in [5.41, 5.74) is -0.732. The van der Waals surface area contributed by atoms with E-state index in [0.29, 0.717) is 0 Å². The Labute approximate surface area is 133 Å². The van der Waals surface area contributed by atoms with Crippen LogP contribution in [-0.4, -0.2) is 54.3 Å². The molecule has 10 nitrogen and oxygen atoms in total. The van der Waals surface area contributed by atoms with Gasteiger partial charge in [0.15, 0.2) is 0 Å². The number of carbonyl (C=O) groups is 4. The number of aromatic carboxylic acids is 4. The van der Waals surface area contributed by atoms with Gasteiger partial charge < -0.3 is 20.4 Å². The van der Waals surface area contributed by atoms with Crippen LogP contribution >= 0.6 is 0 Å². The predicted octanol–water partition coefficient (Wildman–Crippen LogP) is 0.956. The van der Waals surface area contributed by atoms with Gasteiger partial charge in [-0.2, -0.15) is 0 Å². The van der Waals surface area contributed by atoms with Crippen molar-refractivity contribution < 1.29 is 39.6 Å². The standard InChI is InChI=1S/2C7H5NO4/c9-6(10)4-1-2-5(7(11)12)8-3-4;9-6(10)4-2-1-3-5(8-4)7(11)12/h2*1-3H,(H,9,10)(H,11,12). The summed E-state index contributed by atoms with van der Waals surface area (Å²) in [6, 6.07) is 6.13. The van der Waals surface area contributed by atoms with Crippen LogP contribution in [0.1, 0.15) is 41.8 Å². The quantitative estimate of drug-likeness (QED) is 0.629. The molecule has 0 unspecified atom stereocenters. The fraction of sp³-hybridized carbons (Fsp3) is 0. The Morgan fingerprint density at radius 1 is 0.667 bits per heavy atom. The normalized spacial score (nSPS) is 9.33. The molecule has 0 aliphatic heterocycles. The van der Waals surface area contributed by atoms with Gasteiger partial charge in [-0.3, -0.25) is 0 Å². The second-order valence-electron chi connectivity index (χ2n) is 4.06. The van der Waals surface area contributed by atoms with Gasteiger partial charge in [-0.1, -0.05) is 6.07 Å².